The number of H-pyrrole nitrogens is 1. The van der Waals surface area contributed by atoms with Crippen LogP contribution in [0.4, 0.5) is 18.9 Å². The molecule has 0 aliphatic carbocycles. The minimum atomic E-state index is -4.55. The van der Waals surface area contributed by atoms with Gasteiger partial charge in [-0.05, 0) is 43.5 Å². The fourth-order valence-corrected chi connectivity index (χ4v) is 4.58. The first-order chi connectivity index (χ1) is 16.3. The van der Waals surface area contributed by atoms with Crippen molar-refractivity contribution in [2.75, 3.05) is 5.32 Å². The zero-order chi connectivity index (χ0) is 26.1. The first-order valence-corrected chi connectivity index (χ1v) is 11.7. The zero-order valence-corrected chi connectivity index (χ0v) is 20.8. The number of thiophene rings is 1. The number of alkyl halides is 3. The van der Waals surface area contributed by atoms with Gasteiger partial charge in [-0.2, -0.15) is 13.2 Å². The van der Waals surface area contributed by atoms with Crippen LogP contribution in [0.1, 0.15) is 35.7 Å². The molecule has 2 heterocycles. The van der Waals surface area contributed by atoms with Gasteiger partial charge in [-0.15, -0.1) is 11.3 Å². The lowest BCUT2D eigenvalue weighted by Gasteiger charge is -2.23. The molecule has 0 spiro atoms. The number of fused-ring (bicyclic) bond motifs is 1. The first kappa shape index (κ1) is 26.5. The highest BCUT2D eigenvalue weighted by molar-refractivity contribution is 7.18. The first-order valence-electron chi connectivity index (χ1n) is 10.5. The van der Waals surface area contributed by atoms with Crippen LogP contribution in [0.3, 0.4) is 0 Å². The number of carbonyl (C=O) groups is 2. The number of carbonyl (C=O) groups excluding carboxylic acids is 2. The highest BCUT2D eigenvalue weighted by atomic mass is 35.5. The molecule has 188 valence electrons. The van der Waals surface area contributed by atoms with E-state index in [2.05, 4.69) is 26.1 Å². The lowest BCUT2D eigenvalue weighted by molar-refractivity contribution is -0.137. The predicted molar refractivity (Wildman–Crippen MR) is 128 cm³/mol. The quantitative estimate of drug-likeness (QED) is 0.359. The molecule has 0 aliphatic rings. The average molecular weight is 530 g/mol. The highest BCUT2D eigenvalue weighted by Crippen LogP contribution is 2.34. The molecule has 2 aromatic heterocycles. The van der Waals surface area contributed by atoms with Gasteiger partial charge in [0.15, 0.2) is 0 Å². The topological polar surface area (TPSA) is 116 Å². The number of aromatic amines is 1. The van der Waals surface area contributed by atoms with Crippen molar-refractivity contribution in [1.82, 2.24) is 20.8 Å². The molecule has 1 atom stereocenters. The molecule has 1 aromatic carbocycles. The standard InChI is InChI=1S/C22H23ClF3N5O3S/c1-9(2)18(27-14-6-5-12(7-13(14)23)22(24,25)26)20(34)31-30-16(32)8-15-28-19(33)17-10(3)11(4)35-21(17)29-15/h5-7,9,18,27H,8H2,1-4H3,(H,30,32)(H,31,34)(H,28,29,33). The molecule has 0 bridgehead atoms. The molecule has 1 unspecified atom stereocenters. The summed E-state index contributed by atoms with van der Waals surface area (Å²) in [5.74, 6) is -1.42. The Balaban J connectivity index is 1.65. The summed E-state index contributed by atoms with van der Waals surface area (Å²) in [4.78, 5) is 45.7. The van der Waals surface area contributed by atoms with Gasteiger partial charge in [-0.25, -0.2) is 4.98 Å². The van der Waals surface area contributed by atoms with Crippen molar-refractivity contribution in [1.29, 1.82) is 0 Å². The maximum Gasteiger partial charge on any atom is 0.416 e. The molecule has 3 aromatic rings. The molecule has 0 fully saturated rings. The van der Waals surface area contributed by atoms with Crippen molar-refractivity contribution in [2.45, 2.75) is 46.3 Å². The third kappa shape index (κ3) is 6.12. The molecule has 13 heteroatoms. The van der Waals surface area contributed by atoms with Crippen molar-refractivity contribution >= 4 is 50.7 Å². The molecule has 8 nitrogen and oxygen atoms in total. The summed E-state index contributed by atoms with van der Waals surface area (Å²) in [6, 6.07) is 1.84. The molecule has 35 heavy (non-hydrogen) atoms. The number of amides is 2. The lowest BCUT2D eigenvalue weighted by Crippen LogP contribution is -2.51. The van der Waals surface area contributed by atoms with Gasteiger partial charge < -0.3 is 10.3 Å². The van der Waals surface area contributed by atoms with E-state index in [4.69, 9.17) is 11.6 Å². The number of rotatable bonds is 6. The van der Waals surface area contributed by atoms with Gasteiger partial charge in [0.25, 0.3) is 11.5 Å². The van der Waals surface area contributed by atoms with E-state index >= 15 is 0 Å². The van der Waals surface area contributed by atoms with Crippen LogP contribution in [0.25, 0.3) is 10.2 Å². The average Bonchev–Trinajstić information content (AvgIpc) is 3.03. The summed E-state index contributed by atoms with van der Waals surface area (Å²) in [5, 5.41) is 3.09. The van der Waals surface area contributed by atoms with Crippen LogP contribution in [0.2, 0.25) is 5.02 Å². The maximum absolute atomic E-state index is 12.9. The summed E-state index contributed by atoms with van der Waals surface area (Å²) >= 11 is 7.32. The number of benzene rings is 1. The van der Waals surface area contributed by atoms with Crippen LogP contribution in [0.15, 0.2) is 23.0 Å². The predicted octanol–water partition coefficient (Wildman–Crippen LogP) is 4.10. The number of halogens is 4. The minimum absolute atomic E-state index is 0.136. The van der Waals surface area contributed by atoms with Crippen molar-refractivity contribution in [3.05, 3.63) is 55.4 Å². The molecule has 0 saturated heterocycles. The summed E-state index contributed by atoms with van der Waals surface area (Å²) < 4.78 is 38.6. The second-order valence-corrected chi connectivity index (χ2v) is 9.86. The largest absolute Gasteiger partial charge is 0.416 e. The van der Waals surface area contributed by atoms with E-state index in [0.29, 0.717) is 10.2 Å². The molecule has 3 rings (SSSR count). The molecule has 0 radical (unpaired) electrons. The number of anilines is 1. The second kappa shape index (κ2) is 10.2. The van der Waals surface area contributed by atoms with Gasteiger partial charge in [0.1, 0.15) is 16.7 Å². The number of aryl methyl sites for hydroxylation is 2. The van der Waals surface area contributed by atoms with E-state index < -0.39 is 29.6 Å². The summed E-state index contributed by atoms with van der Waals surface area (Å²) in [7, 11) is 0. The highest BCUT2D eigenvalue weighted by Gasteiger charge is 2.31. The molecular formula is C22H23ClF3N5O3S. The van der Waals surface area contributed by atoms with Crippen molar-refractivity contribution in [3.8, 4) is 0 Å². The van der Waals surface area contributed by atoms with Crippen LogP contribution < -0.4 is 21.7 Å². The molecular weight excluding hydrogens is 507 g/mol. The number of hydrogen-bond donors (Lipinski definition) is 4. The van der Waals surface area contributed by atoms with Crippen LogP contribution in [-0.2, 0) is 22.2 Å². The van der Waals surface area contributed by atoms with E-state index in [9.17, 15) is 27.6 Å². The van der Waals surface area contributed by atoms with Crippen molar-refractivity contribution in [2.24, 2.45) is 5.92 Å². The summed E-state index contributed by atoms with van der Waals surface area (Å²) in [5.41, 5.74) is 4.26. The van der Waals surface area contributed by atoms with Crippen molar-refractivity contribution in [3.63, 3.8) is 0 Å². The Morgan fingerprint density at radius 1 is 1.20 bits per heavy atom. The number of aromatic nitrogens is 2. The summed E-state index contributed by atoms with van der Waals surface area (Å²) in [6.45, 7) is 7.13. The number of nitrogens with one attached hydrogen (secondary N) is 4. The Morgan fingerprint density at radius 2 is 1.89 bits per heavy atom. The number of hydrazine groups is 1. The smallest absolute Gasteiger partial charge is 0.372 e. The van der Waals surface area contributed by atoms with Gasteiger partial charge in [-0.1, -0.05) is 25.4 Å². The Kier molecular flexibility index (Phi) is 7.75. The second-order valence-electron chi connectivity index (χ2n) is 8.25. The van der Waals surface area contributed by atoms with E-state index in [0.717, 1.165) is 28.6 Å². The minimum Gasteiger partial charge on any atom is -0.372 e. The number of nitrogens with zero attached hydrogens (tertiary/aromatic N) is 1. The fraction of sp³-hybridized carbons (Fsp3) is 0.364. The van der Waals surface area contributed by atoms with Gasteiger partial charge in [-0.3, -0.25) is 25.2 Å². The third-order valence-electron chi connectivity index (χ3n) is 5.30. The van der Waals surface area contributed by atoms with Crippen LogP contribution in [0.5, 0.6) is 0 Å². The van der Waals surface area contributed by atoms with Gasteiger partial charge in [0, 0.05) is 4.88 Å². The van der Waals surface area contributed by atoms with Gasteiger partial charge in [0.05, 0.1) is 28.1 Å². The normalized spacial score (nSPS) is 12.6. The van der Waals surface area contributed by atoms with Gasteiger partial charge >= 0.3 is 6.18 Å². The lowest BCUT2D eigenvalue weighted by atomic mass is 10.0. The maximum atomic E-state index is 12.9. The zero-order valence-electron chi connectivity index (χ0n) is 19.2. The third-order valence-corrected chi connectivity index (χ3v) is 6.71. The molecule has 0 aliphatic heterocycles. The Morgan fingerprint density at radius 3 is 2.49 bits per heavy atom. The Hall–Kier alpha value is -3.12. The molecule has 4 N–H and O–H groups in total. The Bertz CT molecular complexity index is 1340. The molecule has 2 amide bonds. The van der Waals surface area contributed by atoms with Crippen LogP contribution >= 0.6 is 22.9 Å². The summed E-state index contributed by atoms with van der Waals surface area (Å²) in [6.07, 6.45) is -4.84. The Labute approximate surface area is 207 Å². The number of hydrogen-bond acceptors (Lipinski definition) is 6. The van der Waals surface area contributed by atoms with E-state index in [1.54, 1.807) is 13.8 Å². The van der Waals surface area contributed by atoms with Crippen LogP contribution in [0, 0.1) is 19.8 Å². The SMILES string of the molecule is Cc1sc2nc(CC(=O)NNC(=O)C(Nc3ccc(C(F)(F)F)cc3Cl)C(C)C)[nH]c(=O)c2c1C. The fourth-order valence-electron chi connectivity index (χ4n) is 3.30. The molecule has 0 saturated carbocycles. The van der Waals surface area contributed by atoms with Gasteiger partial charge in [0.2, 0.25) is 5.91 Å². The van der Waals surface area contributed by atoms with E-state index in [-0.39, 0.29) is 34.4 Å². The van der Waals surface area contributed by atoms with E-state index in [1.165, 1.54) is 11.3 Å². The van der Waals surface area contributed by atoms with E-state index in [1.807, 2.05) is 13.8 Å². The monoisotopic (exact) mass is 529 g/mol. The van der Waals surface area contributed by atoms with Crippen molar-refractivity contribution < 1.29 is 22.8 Å². The van der Waals surface area contributed by atoms with Crippen LogP contribution in [-0.4, -0.2) is 27.8 Å².